The number of benzene rings is 2. The Bertz CT molecular complexity index is 707. The highest BCUT2D eigenvalue weighted by Gasteiger charge is 2.07. The molecular weight excluding hydrogens is 273 g/mol. The Hall–Kier alpha value is -2.87. The summed E-state index contributed by atoms with van der Waals surface area (Å²) in [5, 5.41) is 8.89. The molecule has 2 rings (SSSR count). The number of nitriles is 1. The van der Waals surface area contributed by atoms with Crippen LogP contribution < -0.4 is 9.47 Å². The Kier molecular flexibility index (Phi) is 4.52. The van der Waals surface area contributed by atoms with Gasteiger partial charge in [0, 0.05) is 5.56 Å². The van der Waals surface area contributed by atoms with E-state index in [4.69, 9.17) is 14.7 Å². The highest BCUT2D eigenvalue weighted by atomic mass is 19.1. The van der Waals surface area contributed by atoms with E-state index in [9.17, 15) is 9.18 Å². The number of hydrogen-bond donors (Lipinski definition) is 0. The first-order valence-electron chi connectivity index (χ1n) is 6.12. The van der Waals surface area contributed by atoms with E-state index in [0.29, 0.717) is 17.6 Å². The average Bonchev–Trinajstić information content (AvgIpc) is 2.53. The lowest BCUT2D eigenvalue weighted by molar-refractivity contribution is 0.112. The van der Waals surface area contributed by atoms with Crippen molar-refractivity contribution in [2.75, 3.05) is 7.11 Å². The van der Waals surface area contributed by atoms with Crippen molar-refractivity contribution in [3.63, 3.8) is 0 Å². The van der Waals surface area contributed by atoms with E-state index in [1.54, 1.807) is 18.2 Å². The topological polar surface area (TPSA) is 59.3 Å². The van der Waals surface area contributed by atoms with Gasteiger partial charge in [0.25, 0.3) is 0 Å². The molecule has 2 aromatic carbocycles. The van der Waals surface area contributed by atoms with Crippen molar-refractivity contribution in [2.45, 2.75) is 6.61 Å². The molecule has 0 bridgehead atoms. The summed E-state index contributed by atoms with van der Waals surface area (Å²) in [6.45, 7) is 0.124. The predicted octanol–water partition coefficient (Wildman–Crippen LogP) is 3.10. The molecule has 21 heavy (non-hydrogen) atoms. The largest absolute Gasteiger partial charge is 0.495 e. The number of nitrogens with zero attached hydrogens (tertiary/aromatic N) is 1. The standard InChI is InChI=1S/C16H12FNO3/c1-20-16-7-12(2-4-13(16)8-18)10-21-15-5-3-11(9-19)6-14(15)17/h2-7,9H,10H2,1H3. The second-order valence-corrected chi connectivity index (χ2v) is 4.24. The number of hydrogen-bond acceptors (Lipinski definition) is 4. The van der Waals surface area contributed by atoms with Gasteiger partial charge in [-0.15, -0.1) is 0 Å². The average molecular weight is 285 g/mol. The van der Waals surface area contributed by atoms with Gasteiger partial charge in [0.2, 0.25) is 0 Å². The zero-order valence-corrected chi connectivity index (χ0v) is 11.3. The van der Waals surface area contributed by atoms with E-state index < -0.39 is 5.82 Å². The summed E-state index contributed by atoms with van der Waals surface area (Å²) >= 11 is 0. The molecule has 0 amide bonds. The Morgan fingerprint density at radius 2 is 2.05 bits per heavy atom. The van der Waals surface area contributed by atoms with Gasteiger partial charge in [0.05, 0.1) is 12.7 Å². The van der Waals surface area contributed by atoms with Crippen molar-refractivity contribution in [3.8, 4) is 17.6 Å². The summed E-state index contributed by atoms with van der Waals surface area (Å²) < 4.78 is 24.1. The molecule has 0 spiro atoms. The van der Waals surface area contributed by atoms with Gasteiger partial charge in [-0.2, -0.15) is 5.26 Å². The molecule has 4 nitrogen and oxygen atoms in total. The van der Waals surface area contributed by atoms with Crippen molar-refractivity contribution < 1.29 is 18.7 Å². The summed E-state index contributed by atoms with van der Waals surface area (Å²) in [5.41, 5.74) is 1.41. The van der Waals surface area contributed by atoms with Gasteiger partial charge in [-0.3, -0.25) is 4.79 Å². The van der Waals surface area contributed by atoms with Gasteiger partial charge in [0.1, 0.15) is 24.7 Å². The predicted molar refractivity (Wildman–Crippen MR) is 73.8 cm³/mol. The fraction of sp³-hybridized carbons (Fsp3) is 0.125. The Morgan fingerprint density at radius 3 is 2.67 bits per heavy atom. The third-order valence-corrected chi connectivity index (χ3v) is 2.87. The van der Waals surface area contributed by atoms with Gasteiger partial charge in [0.15, 0.2) is 11.6 Å². The Morgan fingerprint density at radius 1 is 1.24 bits per heavy atom. The number of halogens is 1. The number of ether oxygens (including phenoxy) is 2. The molecule has 2 aromatic rings. The van der Waals surface area contributed by atoms with Gasteiger partial charge in [-0.1, -0.05) is 6.07 Å². The molecule has 0 fully saturated rings. The van der Waals surface area contributed by atoms with Crippen LogP contribution in [0.2, 0.25) is 0 Å². The molecule has 0 saturated carbocycles. The molecule has 106 valence electrons. The Labute approximate surface area is 121 Å². The SMILES string of the molecule is COc1cc(COc2ccc(C=O)cc2F)ccc1C#N. The van der Waals surface area contributed by atoms with E-state index in [2.05, 4.69) is 0 Å². The first kappa shape index (κ1) is 14.5. The van der Waals surface area contributed by atoms with E-state index in [1.807, 2.05) is 6.07 Å². The maximum atomic E-state index is 13.7. The summed E-state index contributed by atoms with van der Waals surface area (Å²) in [6, 6.07) is 11.0. The lowest BCUT2D eigenvalue weighted by Crippen LogP contribution is -1.99. The number of carbonyl (C=O) groups is 1. The molecule has 5 heteroatoms. The first-order valence-corrected chi connectivity index (χ1v) is 6.12. The van der Waals surface area contributed by atoms with E-state index in [-0.39, 0.29) is 17.9 Å². The van der Waals surface area contributed by atoms with Gasteiger partial charge >= 0.3 is 0 Å². The molecule has 0 aliphatic rings. The van der Waals surface area contributed by atoms with Crippen LogP contribution in [-0.4, -0.2) is 13.4 Å². The van der Waals surface area contributed by atoms with E-state index >= 15 is 0 Å². The molecule has 0 saturated heterocycles. The monoisotopic (exact) mass is 285 g/mol. The molecule has 0 atom stereocenters. The van der Waals surface area contributed by atoms with Gasteiger partial charge in [-0.25, -0.2) is 4.39 Å². The summed E-state index contributed by atoms with van der Waals surface area (Å²) in [7, 11) is 1.47. The molecule has 0 unspecified atom stereocenters. The quantitative estimate of drug-likeness (QED) is 0.792. The zero-order chi connectivity index (χ0) is 15.2. The fourth-order valence-corrected chi connectivity index (χ4v) is 1.79. The van der Waals surface area contributed by atoms with Crippen LogP contribution in [0.1, 0.15) is 21.5 Å². The smallest absolute Gasteiger partial charge is 0.165 e. The van der Waals surface area contributed by atoms with Gasteiger partial charge in [-0.05, 0) is 35.9 Å². The van der Waals surface area contributed by atoms with Crippen LogP contribution in [0.15, 0.2) is 36.4 Å². The second kappa shape index (κ2) is 6.53. The number of rotatable bonds is 5. The highest BCUT2D eigenvalue weighted by molar-refractivity contribution is 5.74. The summed E-state index contributed by atoms with van der Waals surface area (Å²) in [6.07, 6.45) is 0.568. The van der Waals surface area contributed by atoms with Crippen molar-refractivity contribution in [2.24, 2.45) is 0 Å². The minimum atomic E-state index is -0.597. The van der Waals surface area contributed by atoms with Gasteiger partial charge < -0.3 is 9.47 Å². The van der Waals surface area contributed by atoms with E-state index in [1.165, 1.54) is 19.2 Å². The lowest BCUT2D eigenvalue weighted by atomic mass is 10.1. The van der Waals surface area contributed by atoms with Crippen molar-refractivity contribution in [1.29, 1.82) is 5.26 Å². The minimum Gasteiger partial charge on any atom is -0.495 e. The first-order chi connectivity index (χ1) is 10.2. The lowest BCUT2D eigenvalue weighted by Gasteiger charge is -2.09. The van der Waals surface area contributed by atoms with Crippen LogP contribution in [0.5, 0.6) is 11.5 Å². The normalized spacial score (nSPS) is 9.76. The Balaban J connectivity index is 2.13. The van der Waals surface area contributed by atoms with Crippen LogP contribution in [0.25, 0.3) is 0 Å². The van der Waals surface area contributed by atoms with Crippen LogP contribution in [0, 0.1) is 17.1 Å². The summed E-state index contributed by atoms with van der Waals surface area (Å²) in [5.74, 6) is -0.0977. The molecule has 0 aliphatic carbocycles. The van der Waals surface area contributed by atoms with E-state index in [0.717, 1.165) is 11.6 Å². The van der Waals surface area contributed by atoms with Crippen molar-refractivity contribution in [3.05, 3.63) is 58.9 Å². The van der Waals surface area contributed by atoms with Crippen LogP contribution in [0.3, 0.4) is 0 Å². The molecular formula is C16H12FNO3. The number of aldehydes is 1. The maximum absolute atomic E-state index is 13.7. The highest BCUT2D eigenvalue weighted by Crippen LogP contribution is 2.22. The van der Waals surface area contributed by atoms with Crippen molar-refractivity contribution in [1.82, 2.24) is 0 Å². The van der Waals surface area contributed by atoms with Crippen molar-refractivity contribution >= 4 is 6.29 Å². The third kappa shape index (κ3) is 3.37. The third-order valence-electron chi connectivity index (χ3n) is 2.87. The molecule has 0 heterocycles. The fourth-order valence-electron chi connectivity index (χ4n) is 1.79. The van der Waals surface area contributed by atoms with Crippen LogP contribution in [-0.2, 0) is 6.61 Å². The number of carbonyl (C=O) groups excluding carboxylic acids is 1. The minimum absolute atomic E-state index is 0.0592. The van der Waals surface area contributed by atoms with Crippen LogP contribution in [0.4, 0.5) is 4.39 Å². The summed E-state index contributed by atoms with van der Waals surface area (Å²) in [4.78, 5) is 10.5. The molecule has 0 aromatic heterocycles. The molecule has 0 N–H and O–H groups in total. The van der Waals surface area contributed by atoms with Crippen LogP contribution >= 0.6 is 0 Å². The number of methoxy groups -OCH3 is 1. The second-order valence-electron chi connectivity index (χ2n) is 4.24. The molecule has 0 radical (unpaired) electrons. The zero-order valence-electron chi connectivity index (χ0n) is 11.3. The molecule has 0 aliphatic heterocycles. The maximum Gasteiger partial charge on any atom is 0.165 e.